The van der Waals surface area contributed by atoms with Gasteiger partial charge in [-0.15, -0.1) is 0 Å². The highest BCUT2D eigenvalue weighted by Crippen LogP contribution is 2.61. The van der Waals surface area contributed by atoms with Crippen LogP contribution in [-0.2, 0) is 6.42 Å². The maximum absolute atomic E-state index is 11.3. The van der Waals surface area contributed by atoms with Crippen molar-refractivity contribution in [2.24, 2.45) is 5.41 Å². The van der Waals surface area contributed by atoms with Crippen molar-refractivity contribution in [1.29, 1.82) is 0 Å². The average Bonchev–Trinajstić information content (AvgIpc) is 3.43. The summed E-state index contributed by atoms with van der Waals surface area (Å²) in [6.45, 7) is 0. The minimum atomic E-state index is -0.954. The molecule has 5 nitrogen and oxygen atoms in total. The number of hydrogen-bond donors (Lipinski definition) is 2. The first kappa shape index (κ1) is 16.8. The fraction of sp³-hybridized carbons (Fsp3) is 0.381. The molecule has 2 aromatic carbocycles. The van der Waals surface area contributed by atoms with E-state index < -0.39 is 6.09 Å². The molecular weight excluding hydrogens is 330 g/mol. The maximum Gasteiger partial charge on any atom is 0.405 e. The fourth-order valence-corrected chi connectivity index (χ4v) is 4.31. The Morgan fingerprint density at radius 2 is 1.81 bits per heavy atom. The van der Waals surface area contributed by atoms with Crippen LogP contribution in [0.5, 0.6) is 11.5 Å². The topological polar surface area (TPSA) is 67.8 Å². The molecule has 1 spiro atoms. The van der Waals surface area contributed by atoms with Gasteiger partial charge in [-0.2, -0.15) is 0 Å². The zero-order valence-corrected chi connectivity index (χ0v) is 15.0. The molecule has 2 N–H and O–H groups in total. The van der Waals surface area contributed by atoms with Crippen molar-refractivity contribution in [3.8, 4) is 22.6 Å². The molecule has 0 radical (unpaired) electrons. The number of methoxy groups -OCH3 is 2. The summed E-state index contributed by atoms with van der Waals surface area (Å²) in [5.41, 5.74) is 4.38. The van der Waals surface area contributed by atoms with Gasteiger partial charge < -0.3 is 19.9 Å². The van der Waals surface area contributed by atoms with E-state index in [1.165, 1.54) is 5.56 Å². The molecule has 2 aromatic rings. The van der Waals surface area contributed by atoms with Gasteiger partial charge in [0.1, 0.15) is 11.5 Å². The van der Waals surface area contributed by atoms with Crippen molar-refractivity contribution in [3.05, 3.63) is 47.5 Å². The molecule has 2 aliphatic rings. The van der Waals surface area contributed by atoms with Gasteiger partial charge in [0.25, 0.3) is 0 Å². The summed E-state index contributed by atoms with van der Waals surface area (Å²) in [6, 6.07) is 11.9. The predicted octanol–water partition coefficient (Wildman–Crippen LogP) is 4.41. The first-order valence-electron chi connectivity index (χ1n) is 8.91. The Hall–Kier alpha value is -2.69. The van der Waals surface area contributed by atoms with Crippen LogP contribution in [0.2, 0.25) is 0 Å². The lowest BCUT2D eigenvalue weighted by Gasteiger charge is -2.34. The summed E-state index contributed by atoms with van der Waals surface area (Å²) in [5, 5.41) is 12.0. The van der Waals surface area contributed by atoms with Crippen LogP contribution in [0.3, 0.4) is 0 Å². The van der Waals surface area contributed by atoms with Gasteiger partial charge in [0, 0.05) is 0 Å². The van der Waals surface area contributed by atoms with E-state index >= 15 is 0 Å². The molecule has 0 bridgehead atoms. The number of hydrogen-bond acceptors (Lipinski definition) is 3. The highest BCUT2D eigenvalue weighted by molar-refractivity contribution is 5.78. The SMILES string of the molecule is COc1cccc(OC)c1-c1ccc2c(c1)CCC1(CC1)C2NC(=O)O. The first-order chi connectivity index (χ1) is 12.6. The van der Waals surface area contributed by atoms with E-state index in [-0.39, 0.29) is 11.5 Å². The van der Waals surface area contributed by atoms with Gasteiger partial charge in [0.05, 0.1) is 25.8 Å². The maximum atomic E-state index is 11.3. The van der Waals surface area contributed by atoms with E-state index in [0.29, 0.717) is 0 Å². The molecule has 1 atom stereocenters. The van der Waals surface area contributed by atoms with Crippen LogP contribution in [0.15, 0.2) is 36.4 Å². The highest BCUT2D eigenvalue weighted by Gasteiger charge is 2.52. The van der Waals surface area contributed by atoms with E-state index in [9.17, 15) is 9.90 Å². The summed E-state index contributed by atoms with van der Waals surface area (Å²) < 4.78 is 11.1. The van der Waals surface area contributed by atoms with E-state index in [1.807, 2.05) is 24.3 Å². The van der Waals surface area contributed by atoms with Crippen molar-refractivity contribution < 1.29 is 19.4 Å². The molecule has 0 heterocycles. The Morgan fingerprint density at radius 1 is 1.12 bits per heavy atom. The summed E-state index contributed by atoms with van der Waals surface area (Å²) in [7, 11) is 3.31. The molecule has 4 rings (SSSR count). The molecule has 26 heavy (non-hydrogen) atoms. The predicted molar refractivity (Wildman–Crippen MR) is 98.9 cm³/mol. The van der Waals surface area contributed by atoms with Crippen molar-refractivity contribution in [2.75, 3.05) is 14.2 Å². The molecular formula is C21H23NO4. The number of amides is 1. The van der Waals surface area contributed by atoms with Crippen LogP contribution in [0.4, 0.5) is 4.79 Å². The van der Waals surface area contributed by atoms with Crippen LogP contribution in [0.25, 0.3) is 11.1 Å². The number of fused-ring (bicyclic) bond motifs is 1. The second-order valence-electron chi connectivity index (χ2n) is 7.20. The van der Waals surface area contributed by atoms with Gasteiger partial charge in [-0.3, -0.25) is 0 Å². The fourth-order valence-electron chi connectivity index (χ4n) is 4.31. The Kier molecular flexibility index (Phi) is 4.02. The second kappa shape index (κ2) is 6.24. The van der Waals surface area contributed by atoms with Gasteiger partial charge >= 0.3 is 6.09 Å². The summed E-state index contributed by atoms with van der Waals surface area (Å²) in [6.07, 6.45) is 3.24. The van der Waals surface area contributed by atoms with Crippen LogP contribution < -0.4 is 14.8 Å². The molecule has 1 fully saturated rings. The number of carbonyl (C=O) groups is 1. The van der Waals surface area contributed by atoms with E-state index in [0.717, 1.165) is 53.9 Å². The third-order valence-electron chi connectivity index (χ3n) is 5.84. The molecule has 0 aromatic heterocycles. The molecule has 136 valence electrons. The van der Waals surface area contributed by atoms with Crippen molar-refractivity contribution in [2.45, 2.75) is 31.7 Å². The number of aryl methyl sites for hydroxylation is 1. The molecule has 5 heteroatoms. The van der Waals surface area contributed by atoms with Crippen molar-refractivity contribution >= 4 is 6.09 Å². The first-order valence-corrected chi connectivity index (χ1v) is 8.91. The molecule has 1 saturated carbocycles. The minimum Gasteiger partial charge on any atom is -0.496 e. The summed E-state index contributed by atoms with van der Waals surface area (Å²) >= 11 is 0. The Bertz CT molecular complexity index is 835. The highest BCUT2D eigenvalue weighted by atomic mass is 16.5. The molecule has 0 saturated heterocycles. The monoisotopic (exact) mass is 353 g/mol. The molecule has 1 amide bonds. The Balaban J connectivity index is 1.79. The zero-order chi connectivity index (χ0) is 18.3. The van der Waals surface area contributed by atoms with Gasteiger partial charge in [0.15, 0.2) is 0 Å². The standard InChI is InChI=1S/C21H23NO4/c1-25-16-4-3-5-17(26-2)18(16)14-6-7-15-13(12-14)8-9-21(10-11-21)19(15)22-20(23)24/h3-7,12,19,22H,8-11H2,1-2H3,(H,23,24). The number of carboxylic acid groups (broad SMARTS) is 1. The minimum absolute atomic E-state index is 0.114. The largest absolute Gasteiger partial charge is 0.496 e. The van der Waals surface area contributed by atoms with Crippen LogP contribution in [-0.4, -0.2) is 25.4 Å². The van der Waals surface area contributed by atoms with E-state index in [2.05, 4.69) is 17.4 Å². The number of rotatable bonds is 4. The van der Waals surface area contributed by atoms with Gasteiger partial charge in [0.2, 0.25) is 0 Å². The van der Waals surface area contributed by atoms with Crippen LogP contribution >= 0.6 is 0 Å². The van der Waals surface area contributed by atoms with Gasteiger partial charge in [-0.25, -0.2) is 4.79 Å². The summed E-state index contributed by atoms with van der Waals surface area (Å²) in [5.74, 6) is 1.53. The average molecular weight is 353 g/mol. The van der Waals surface area contributed by atoms with Crippen molar-refractivity contribution in [1.82, 2.24) is 5.32 Å². The lowest BCUT2D eigenvalue weighted by atomic mass is 9.76. The quantitative estimate of drug-likeness (QED) is 0.854. The molecule has 2 aliphatic carbocycles. The van der Waals surface area contributed by atoms with E-state index in [4.69, 9.17) is 9.47 Å². The number of nitrogens with one attached hydrogen (secondary N) is 1. The lowest BCUT2D eigenvalue weighted by molar-refractivity contribution is 0.178. The third-order valence-corrected chi connectivity index (χ3v) is 5.84. The van der Waals surface area contributed by atoms with E-state index in [1.54, 1.807) is 14.2 Å². The normalized spacial score (nSPS) is 19.5. The summed E-state index contributed by atoms with van der Waals surface area (Å²) in [4.78, 5) is 11.3. The Morgan fingerprint density at radius 3 is 2.38 bits per heavy atom. The second-order valence-corrected chi connectivity index (χ2v) is 7.20. The Labute approximate surface area is 152 Å². The van der Waals surface area contributed by atoms with Gasteiger partial charge in [-0.05, 0) is 59.9 Å². The third kappa shape index (κ3) is 2.68. The lowest BCUT2D eigenvalue weighted by Crippen LogP contribution is -2.36. The van der Waals surface area contributed by atoms with Crippen molar-refractivity contribution in [3.63, 3.8) is 0 Å². The molecule has 1 unspecified atom stereocenters. The number of ether oxygens (including phenoxy) is 2. The van der Waals surface area contributed by atoms with Crippen LogP contribution in [0, 0.1) is 5.41 Å². The molecule has 0 aliphatic heterocycles. The number of benzene rings is 2. The zero-order valence-electron chi connectivity index (χ0n) is 15.0. The van der Waals surface area contributed by atoms with Crippen LogP contribution in [0.1, 0.15) is 36.4 Å². The smallest absolute Gasteiger partial charge is 0.405 e. The van der Waals surface area contributed by atoms with Gasteiger partial charge in [-0.1, -0.05) is 24.3 Å².